The third-order valence-electron chi connectivity index (χ3n) is 4.11. The summed E-state index contributed by atoms with van der Waals surface area (Å²) in [5, 5.41) is 10.5. The van der Waals surface area contributed by atoms with Crippen molar-refractivity contribution in [2.24, 2.45) is 5.92 Å². The third-order valence-corrected chi connectivity index (χ3v) is 4.46. The van der Waals surface area contributed by atoms with E-state index in [2.05, 4.69) is 18.9 Å². The second-order valence-electron chi connectivity index (χ2n) is 5.57. The Bertz CT molecular complexity index is 379. The molecule has 0 amide bonds. The van der Waals surface area contributed by atoms with Gasteiger partial charge in [-0.1, -0.05) is 24.6 Å². The van der Waals surface area contributed by atoms with Gasteiger partial charge in [-0.3, -0.25) is 4.90 Å². The van der Waals surface area contributed by atoms with E-state index in [0.29, 0.717) is 16.8 Å². The van der Waals surface area contributed by atoms with Gasteiger partial charge in [-0.25, -0.2) is 0 Å². The Morgan fingerprint density at radius 1 is 1.28 bits per heavy atom. The van der Waals surface area contributed by atoms with Crippen LogP contribution < -0.4 is 0 Å². The number of nitrogens with zero attached hydrogens (tertiary/aromatic N) is 1. The summed E-state index contributed by atoms with van der Waals surface area (Å²) >= 11 is 6.15. The summed E-state index contributed by atoms with van der Waals surface area (Å²) < 4.78 is 0. The molecule has 0 aromatic heterocycles. The molecule has 18 heavy (non-hydrogen) atoms. The van der Waals surface area contributed by atoms with Gasteiger partial charge < -0.3 is 5.11 Å². The van der Waals surface area contributed by atoms with Gasteiger partial charge in [-0.15, -0.1) is 0 Å². The normalized spacial score (nSPS) is 24.4. The van der Waals surface area contributed by atoms with Gasteiger partial charge in [0, 0.05) is 23.2 Å². The van der Waals surface area contributed by atoms with Crippen molar-refractivity contribution in [1.82, 2.24) is 4.90 Å². The fraction of sp³-hybridized carbons (Fsp3) is 0.600. The van der Waals surface area contributed by atoms with E-state index in [0.717, 1.165) is 18.0 Å². The predicted molar refractivity (Wildman–Crippen MR) is 76.0 cm³/mol. The van der Waals surface area contributed by atoms with Crippen molar-refractivity contribution in [1.29, 1.82) is 0 Å². The highest BCUT2D eigenvalue weighted by molar-refractivity contribution is 6.31. The molecule has 2 rings (SSSR count). The highest BCUT2D eigenvalue weighted by atomic mass is 35.5. The Balaban J connectivity index is 2.00. The monoisotopic (exact) mass is 267 g/mol. The van der Waals surface area contributed by atoms with Gasteiger partial charge in [0.2, 0.25) is 0 Å². The highest BCUT2D eigenvalue weighted by Crippen LogP contribution is 2.30. The first-order valence-electron chi connectivity index (χ1n) is 6.74. The smallest absolute Gasteiger partial charge is 0.121 e. The van der Waals surface area contributed by atoms with Crippen LogP contribution in [-0.2, 0) is 6.54 Å². The summed E-state index contributed by atoms with van der Waals surface area (Å²) in [5.74, 6) is 1.17. The summed E-state index contributed by atoms with van der Waals surface area (Å²) in [6.45, 7) is 3.06. The van der Waals surface area contributed by atoms with E-state index in [4.69, 9.17) is 11.6 Å². The molecule has 100 valence electrons. The summed E-state index contributed by atoms with van der Waals surface area (Å²) in [6.07, 6.45) is 5.12. The fourth-order valence-corrected chi connectivity index (χ4v) is 2.99. The van der Waals surface area contributed by atoms with Gasteiger partial charge in [-0.05, 0) is 50.8 Å². The summed E-state index contributed by atoms with van der Waals surface area (Å²) in [6, 6.07) is 5.95. The second-order valence-corrected chi connectivity index (χ2v) is 5.97. The van der Waals surface area contributed by atoms with E-state index in [1.54, 1.807) is 12.1 Å². The molecule has 0 atom stereocenters. The molecule has 0 unspecified atom stereocenters. The summed E-state index contributed by atoms with van der Waals surface area (Å²) in [5.41, 5.74) is 0.847. The number of hydrogen-bond donors (Lipinski definition) is 1. The maximum atomic E-state index is 9.87. The van der Waals surface area contributed by atoms with Gasteiger partial charge in [0.15, 0.2) is 0 Å². The molecular formula is C15H22ClNO. The largest absolute Gasteiger partial charge is 0.508 e. The Morgan fingerprint density at radius 2 is 1.94 bits per heavy atom. The zero-order chi connectivity index (χ0) is 13.1. The van der Waals surface area contributed by atoms with Crippen LogP contribution in [0.3, 0.4) is 0 Å². The molecule has 3 heteroatoms. The van der Waals surface area contributed by atoms with Crippen LogP contribution in [0, 0.1) is 5.92 Å². The second kappa shape index (κ2) is 5.94. The molecule has 1 N–H and O–H groups in total. The van der Waals surface area contributed by atoms with Gasteiger partial charge in [-0.2, -0.15) is 0 Å². The molecule has 1 aliphatic rings. The molecular weight excluding hydrogens is 246 g/mol. The number of rotatable bonds is 3. The molecule has 0 saturated heterocycles. The van der Waals surface area contributed by atoms with E-state index in [1.807, 2.05) is 6.07 Å². The van der Waals surface area contributed by atoms with Crippen LogP contribution in [-0.4, -0.2) is 23.1 Å². The zero-order valence-electron chi connectivity index (χ0n) is 11.2. The topological polar surface area (TPSA) is 23.5 Å². The Kier molecular flexibility index (Phi) is 4.52. The molecule has 1 aromatic rings. The number of benzene rings is 1. The average molecular weight is 268 g/mol. The average Bonchev–Trinajstić information content (AvgIpc) is 2.34. The maximum Gasteiger partial charge on any atom is 0.121 e. The lowest BCUT2D eigenvalue weighted by Crippen LogP contribution is -2.34. The van der Waals surface area contributed by atoms with Crippen molar-refractivity contribution < 1.29 is 5.11 Å². The first kappa shape index (κ1) is 13.7. The Morgan fingerprint density at radius 3 is 2.56 bits per heavy atom. The van der Waals surface area contributed by atoms with Crippen molar-refractivity contribution in [3.63, 3.8) is 0 Å². The number of phenolic OH excluding ortho intramolecular Hbond substituents is 1. The highest BCUT2D eigenvalue weighted by Gasteiger charge is 2.22. The quantitative estimate of drug-likeness (QED) is 0.893. The van der Waals surface area contributed by atoms with E-state index in [-0.39, 0.29) is 0 Å². The maximum absolute atomic E-state index is 9.87. The van der Waals surface area contributed by atoms with Crippen molar-refractivity contribution >= 4 is 11.6 Å². The zero-order valence-corrected chi connectivity index (χ0v) is 12.0. The van der Waals surface area contributed by atoms with E-state index in [9.17, 15) is 5.11 Å². The lowest BCUT2D eigenvalue weighted by atomic mass is 9.86. The van der Waals surface area contributed by atoms with Crippen LogP contribution in [0.4, 0.5) is 0 Å². The SMILES string of the molecule is CC1CCC(N(C)Cc2c(O)cccc2Cl)CC1. The van der Waals surface area contributed by atoms with Crippen LogP contribution in [0.1, 0.15) is 38.2 Å². The molecule has 0 spiro atoms. The fourth-order valence-electron chi connectivity index (χ4n) is 2.77. The minimum absolute atomic E-state index is 0.304. The van der Waals surface area contributed by atoms with Crippen molar-refractivity contribution in [3.8, 4) is 5.75 Å². The minimum atomic E-state index is 0.304. The molecule has 1 saturated carbocycles. The number of halogens is 1. The molecule has 0 bridgehead atoms. The van der Waals surface area contributed by atoms with Gasteiger partial charge in [0.25, 0.3) is 0 Å². The van der Waals surface area contributed by atoms with Crippen LogP contribution in [0.5, 0.6) is 5.75 Å². The molecule has 1 aromatic carbocycles. The van der Waals surface area contributed by atoms with E-state index < -0.39 is 0 Å². The lowest BCUT2D eigenvalue weighted by molar-refractivity contribution is 0.163. The van der Waals surface area contributed by atoms with Crippen molar-refractivity contribution in [2.45, 2.75) is 45.2 Å². The van der Waals surface area contributed by atoms with Crippen LogP contribution in [0.15, 0.2) is 18.2 Å². The Labute approximate surface area is 115 Å². The minimum Gasteiger partial charge on any atom is -0.508 e. The number of hydrogen-bond acceptors (Lipinski definition) is 2. The van der Waals surface area contributed by atoms with Crippen LogP contribution in [0.2, 0.25) is 5.02 Å². The predicted octanol–water partition coefficient (Wildman–Crippen LogP) is 4.06. The number of aromatic hydroxyl groups is 1. The van der Waals surface area contributed by atoms with Crippen LogP contribution in [0.25, 0.3) is 0 Å². The third kappa shape index (κ3) is 3.18. The van der Waals surface area contributed by atoms with Gasteiger partial charge in [0.1, 0.15) is 5.75 Å². The first-order valence-corrected chi connectivity index (χ1v) is 7.12. The summed E-state index contributed by atoms with van der Waals surface area (Å²) in [7, 11) is 2.13. The summed E-state index contributed by atoms with van der Waals surface area (Å²) in [4.78, 5) is 2.33. The van der Waals surface area contributed by atoms with E-state index >= 15 is 0 Å². The molecule has 2 nitrogen and oxygen atoms in total. The van der Waals surface area contributed by atoms with Crippen LogP contribution >= 0.6 is 11.6 Å². The Hall–Kier alpha value is -0.730. The van der Waals surface area contributed by atoms with E-state index in [1.165, 1.54) is 25.7 Å². The lowest BCUT2D eigenvalue weighted by Gasteiger charge is -2.33. The van der Waals surface area contributed by atoms with Crippen molar-refractivity contribution in [3.05, 3.63) is 28.8 Å². The van der Waals surface area contributed by atoms with Gasteiger partial charge >= 0.3 is 0 Å². The molecule has 1 aliphatic carbocycles. The molecule has 0 heterocycles. The van der Waals surface area contributed by atoms with Crippen molar-refractivity contribution in [2.75, 3.05) is 7.05 Å². The molecule has 0 aliphatic heterocycles. The molecule has 0 radical (unpaired) electrons. The number of phenols is 1. The molecule has 1 fully saturated rings. The van der Waals surface area contributed by atoms with Gasteiger partial charge in [0.05, 0.1) is 0 Å². The standard InChI is InChI=1S/C15H22ClNO/c1-11-6-8-12(9-7-11)17(2)10-13-14(16)4-3-5-15(13)18/h3-5,11-12,18H,6-10H2,1-2H3. The first-order chi connectivity index (χ1) is 8.58.